The van der Waals surface area contributed by atoms with Gasteiger partial charge in [-0.05, 0) is 18.1 Å². The van der Waals surface area contributed by atoms with Crippen molar-refractivity contribution in [1.29, 1.82) is 0 Å². The first-order valence-corrected chi connectivity index (χ1v) is 7.65. The van der Waals surface area contributed by atoms with Gasteiger partial charge < -0.3 is 9.84 Å². The SMILES string of the molecule is COc1cc(Cl)ccc1S(=O)(=O)NCC(O)C(C)C. The number of methoxy groups -OCH3 is 1. The third kappa shape index (κ3) is 4.35. The minimum Gasteiger partial charge on any atom is -0.495 e. The molecule has 0 radical (unpaired) electrons. The van der Waals surface area contributed by atoms with Gasteiger partial charge in [0.05, 0.1) is 13.2 Å². The molecular weight excluding hydrogens is 290 g/mol. The van der Waals surface area contributed by atoms with Crippen molar-refractivity contribution in [3.8, 4) is 5.75 Å². The Morgan fingerprint density at radius 2 is 2.05 bits per heavy atom. The van der Waals surface area contributed by atoms with Crippen molar-refractivity contribution in [2.24, 2.45) is 5.92 Å². The molecule has 0 amide bonds. The molecule has 1 rings (SSSR count). The molecule has 0 aliphatic rings. The molecule has 19 heavy (non-hydrogen) atoms. The summed E-state index contributed by atoms with van der Waals surface area (Å²) in [5, 5.41) is 10.0. The second-order valence-corrected chi connectivity index (χ2v) is 6.63. The summed E-state index contributed by atoms with van der Waals surface area (Å²) in [7, 11) is -2.37. The van der Waals surface area contributed by atoms with Gasteiger partial charge in [-0.3, -0.25) is 0 Å². The highest BCUT2D eigenvalue weighted by atomic mass is 35.5. The van der Waals surface area contributed by atoms with Gasteiger partial charge in [0, 0.05) is 17.6 Å². The van der Waals surface area contributed by atoms with E-state index in [0.717, 1.165) is 0 Å². The number of hydrogen-bond donors (Lipinski definition) is 2. The Morgan fingerprint density at radius 1 is 1.42 bits per heavy atom. The lowest BCUT2D eigenvalue weighted by atomic mass is 10.1. The quantitative estimate of drug-likeness (QED) is 0.838. The van der Waals surface area contributed by atoms with E-state index in [2.05, 4.69) is 4.72 Å². The molecular formula is C12H18ClNO4S. The van der Waals surface area contributed by atoms with Crippen LogP contribution in [-0.2, 0) is 10.0 Å². The second-order valence-electron chi connectivity index (χ2n) is 4.46. The van der Waals surface area contributed by atoms with E-state index in [1.54, 1.807) is 0 Å². The van der Waals surface area contributed by atoms with E-state index in [0.29, 0.717) is 5.02 Å². The lowest BCUT2D eigenvalue weighted by Crippen LogP contribution is -2.34. The Balaban J connectivity index is 2.95. The predicted molar refractivity (Wildman–Crippen MR) is 74.0 cm³/mol. The third-order valence-corrected chi connectivity index (χ3v) is 4.37. The molecule has 0 fully saturated rings. The van der Waals surface area contributed by atoms with Crippen molar-refractivity contribution in [2.75, 3.05) is 13.7 Å². The zero-order chi connectivity index (χ0) is 14.6. The van der Waals surface area contributed by atoms with Gasteiger partial charge in [-0.15, -0.1) is 0 Å². The van der Waals surface area contributed by atoms with Crippen molar-refractivity contribution in [3.05, 3.63) is 23.2 Å². The number of rotatable bonds is 6. The summed E-state index contributed by atoms with van der Waals surface area (Å²) in [5.74, 6) is 0.133. The Kier molecular flexibility index (Phi) is 5.61. The number of benzene rings is 1. The fraction of sp³-hybridized carbons (Fsp3) is 0.500. The zero-order valence-corrected chi connectivity index (χ0v) is 12.6. The third-order valence-electron chi connectivity index (χ3n) is 2.67. The monoisotopic (exact) mass is 307 g/mol. The fourth-order valence-corrected chi connectivity index (χ4v) is 2.73. The number of nitrogens with one attached hydrogen (secondary N) is 1. The minimum atomic E-state index is -3.74. The molecule has 0 saturated carbocycles. The second kappa shape index (κ2) is 6.56. The Labute approximate surface area is 118 Å². The van der Waals surface area contributed by atoms with Gasteiger partial charge in [0.1, 0.15) is 10.6 Å². The molecule has 1 unspecified atom stereocenters. The highest BCUT2D eigenvalue weighted by Crippen LogP contribution is 2.26. The summed E-state index contributed by atoms with van der Waals surface area (Å²) in [4.78, 5) is -0.00430. The molecule has 1 atom stereocenters. The van der Waals surface area contributed by atoms with Crippen LogP contribution in [0.25, 0.3) is 0 Å². The summed E-state index contributed by atoms with van der Waals surface area (Å²) >= 11 is 5.78. The molecule has 2 N–H and O–H groups in total. The maximum Gasteiger partial charge on any atom is 0.244 e. The molecule has 1 aromatic carbocycles. The molecule has 5 nitrogen and oxygen atoms in total. The van der Waals surface area contributed by atoms with Crippen LogP contribution in [0.2, 0.25) is 5.02 Å². The fourth-order valence-electron chi connectivity index (χ4n) is 1.37. The number of sulfonamides is 1. The van der Waals surface area contributed by atoms with E-state index < -0.39 is 16.1 Å². The van der Waals surface area contributed by atoms with Crippen LogP contribution in [0.15, 0.2) is 23.1 Å². The van der Waals surface area contributed by atoms with E-state index in [4.69, 9.17) is 16.3 Å². The van der Waals surface area contributed by atoms with Crippen molar-refractivity contribution in [2.45, 2.75) is 24.8 Å². The van der Waals surface area contributed by atoms with Crippen LogP contribution in [0, 0.1) is 5.92 Å². The van der Waals surface area contributed by atoms with E-state index in [-0.39, 0.29) is 23.1 Å². The average Bonchev–Trinajstić information content (AvgIpc) is 2.35. The van der Waals surface area contributed by atoms with Crippen molar-refractivity contribution < 1.29 is 18.3 Å². The Hall–Kier alpha value is -0.820. The smallest absolute Gasteiger partial charge is 0.244 e. The highest BCUT2D eigenvalue weighted by molar-refractivity contribution is 7.89. The van der Waals surface area contributed by atoms with Crippen LogP contribution in [0.1, 0.15) is 13.8 Å². The molecule has 0 saturated heterocycles. The molecule has 0 aromatic heterocycles. The van der Waals surface area contributed by atoms with Gasteiger partial charge in [0.2, 0.25) is 10.0 Å². The van der Waals surface area contributed by atoms with Crippen LogP contribution in [0.4, 0.5) is 0 Å². The highest BCUT2D eigenvalue weighted by Gasteiger charge is 2.21. The summed E-state index contributed by atoms with van der Waals surface area (Å²) in [6.45, 7) is 3.56. The van der Waals surface area contributed by atoms with E-state index in [9.17, 15) is 13.5 Å². The van der Waals surface area contributed by atoms with Gasteiger partial charge in [0.25, 0.3) is 0 Å². The van der Waals surface area contributed by atoms with Crippen molar-refractivity contribution >= 4 is 21.6 Å². The van der Waals surface area contributed by atoms with Crippen molar-refractivity contribution in [3.63, 3.8) is 0 Å². The van der Waals surface area contributed by atoms with Crippen LogP contribution < -0.4 is 9.46 Å². The van der Waals surface area contributed by atoms with Gasteiger partial charge in [-0.1, -0.05) is 25.4 Å². The first-order valence-electron chi connectivity index (χ1n) is 5.79. The lowest BCUT2D eigenvalue weighted by molar-refractivity contribution is 0.129. The van der Waals surface area contributed by atoms with Crippen LogP contribution in [0.3, 0.4) is 0 Å². The topological polar surface area (TPSA) is 75.6 Å². The lowest BCUT2D eigenvalue weighted by Gasteiger charge is -2.16. The molecule has 0 spiro atoms. The van der Waals surface area contributed by atoms with Crippen LogP contribution in [-0.4, -0.2) is 33.3 Å². The van der Waals surface area contributed by atoms with E-state index in [1.165, 1.54) is 25.3 Å². The first-order chi connectivity index (χ1) is 8.77. The normalized spacial score (nSPS) is 13.6. The first kappa shape index (κ1) is 16.2. The number of aliphatic hydroxyl groups excluding tert-OH is 1. The zero-order valence-electron chi connectivity index (χ0n) is 11.1. The summed E-state index contributed by atoms with van der Waals surface area (Å²) < 4.78 is 31.6. The maximum absolute atomic E-state index is 12.1. The molecule has 1 aromatic rings. The molecule has 108 valence electrons. The minimum absolute atomic E-state index is 0.00430. The Bertz CT molecular complexity index is 531. The summed E-state index contributed by atoms with van der Waals surface area (Å²) in [5.41, 5.74) is 0. The molecule has 0 aliphatic heterocycles. The molecule has 7 heteroatoms. The molecule has 0 heterocycles. The van der Waals surface area contributed by atoms with Gasteiger partial charge >= 0.3 is 0 Å². The molecule has 0 bridgehead atoms. The van der Waals surface area contributed by atoms with E-state index >= 15 is 0 Å². The van der Waals surface area contributed by atoms with Crippen LogP contribution in [0.5, 0.6) is 5.75 Å². The maximum atomic E-state index is 12.1. The van der Waals surface area contributed by atoms with E-state index in [1.807, 2.05) is 13.8 Å². The standard InChI is InChI=1S/C12H18ClNO4S/c1-8(2)10(15)7-14-19(16,17)12-5-4-9(13)6-11(12)18-3/h4-6,8,10,14-15H,7H2,1-3H3. The van der Waals surface area contributed by atoms with Crippen LogP contribution >= 0.6 is 11.6 Å². The predicted octanol–water partition coefficient (Wildman–Crippen LogP) is 1.64. The Morgan fingerprint density at radius 3 is 2.58 bits per heavy atom. The summed E-state index contributed by atoms with van der Waals surface area (Å²) in [6.07, 6.45) is -0.743. The van der Waals surface area contributed by atoms with Gasteiger partial charge in [-0.2, -0.15) is 0 Å². The summed E-state index contributed by atoms with van der Waals surface area (Å²) in [6, 6.07) is 4.26. The number of ether oxygens (including phenoxy) is 1. The van der Waals surface area contributed by atoms with Gasteiger partial charge in [0.15, 0.2) is 0 Å². The van der Waals surface area contributed by atoms with Crippen molar-refractivity contribution in [1.82, 2.24) is 4.72 Å². The molecule has 0 aliphatic carbocycles. The average molecular weight is 308 g/mol. The van der Waals surface area contributed by atoms with Gasteiger partial charge in [-0.25, -0.2) is 13.1 Å². The number of hydrogen-bond acceptors (Lipinski definition) is 4. The number of aliphatic hydroxyl groups is 1. The largest absolute Gasteiger partial charge is 0.495 e. The number of halogens is 1.